The lowest BCUT2D eigenvalue weighted by Gasteiger charge is -2.27. The summed E-state index contributed by atoms with van der Waals surface area (Å²) in [6.07, 6.45) is 2.48. The van der Waals surface area contributed by atoms with Gasteiger partial charge in [-0.2, -0.15) is 4.31 Å². The first-order valence-corrected chi connectivity index (χ1v) is 9.26. The van der Waals surface area contributed by atoms with E-state index < -0.39 is 14.9 Å². The fourth-order valence-electron chi connectivity index (χ4n) is 3.74. The summed E-state index contributed by atoms with van der Waals surface area (Å²) in [5.41, 5.74) is 0.895. The van der Waals surface area contributed by atoms with Crippen LogP contribution in [0.15, 0.2) is 17.0 Å². The van der Waals surface area contributed by atoms with Gasteiger partial charge in [0.2, 0.25) is 10.0 Å². The van der Waals surface area contributed by atoms with Crippen LogP contribution in [0.1, 0.15) is 30.4 Å². The largest absolute Gasteiger partial charge is 0.315 e. The quantitative estimate of drug-likeness (QED) is 0.669. The molecule has 0 amide bonds. The lowest BCUT2D eigenvalue weighted by molar-refractivity contribution is -0.385. The minimum atomic E-state index is -3.74. The molecule has 2 aliphatic heterocycles. The van der Waals surface area contributed by atoms with Gasteiger partial charge in [0, 0.05) is 30.3 Å². The average molecular weight is 339 g/mol. The van der Waals surface area contributed by atoms with E-state index in [4.69, 9.17) is 0 Å². The van der Waals surface area contributed by atoms with Crippen LogP contribution in [0.3, 0.4) is 0 Å². The highest BCUT2D eigenvalue weighted by molar-refractivity contribution is 7.89. The van der Waals surface area contributed by atoms with Gasteiger partial charge >= 0.3 is 0 Å². The highest BCUT2D eigenvalue weighted by Gasteiger charge is 2.43. The maximum atomic E-state index is 13.2. The van der Waals surface area contributed by atoms with Gasteiger partial charge in [0.25, 0.3) is 5.69 Å². The average Bonchev–Trinajstić information content (AvgIpc) is 2.72. The predicted molar refractivity (Wildman–Crippen MR) is 85.9 cm³/mol. The van der Waals surface area contributed by atoms with Crippen molar-refractivity contribution in [3.63, 3.8) is 0 Å². The molecule has 0 radical (unpaired) electrons. The number of nitrogens with one attached hydrogen (secondary N) is 1. The van der Waals surface area contributed by atoms with Crippen LogP contribution in [0.4, 0.5) is 5.69 Å². The highest BCUT2D eigenvalue weighted by Crippen LogP contribution is 2.36. The van der Waals surface area contributed by atoms with Crippen LogP contribution in [0.5, 0.6) is 0 Å². The molecule has 0 aromatic heterocycles. The molecule has 1 aromatic carbocycles. The summed E-state index contributed by atoms with van der Waals surface area (Å²) in [6, 6.07) is 2.73. The summed E-state index contributed by atoms with van der Waals surface area (Å²) in [7, 11) is -3.74. The van der Waals surface area contributed by atoms with Crippen molar-refractivity contribution in [2.24, 2.45) is 0 Å². The Balaban J connectivity index is 2.10. The number of sulfonamides is 1. The van der Waals surface area contributed by atoms with Crippen molar-refractivity contribution in [2.45, 2.75) is 50.1 Å². The van der Waals surface area contributed by atoms with E-state index in [0.717, 1.165) is 25.8 Å². The van der Waals surface area contributed by atoms with Gasteiger partial charge in [-0.25, -0.2) is 8.42 Å². The predicted octanol–water partition coefficient (Wildman–Crippen LogP) is 1.73. The Morgan fingerprint density at radius 3 is 2.57 bits per heavy atom. The van der Waals surface area contributed by atoms with Gasteiger partial charge in [-0.3, -0.25) is 10.1 Å². The topological polar surface area (TPSA) is 92.6 Å². The Hall–Kier alpha value is -1.51. The zero-order valence-corrected chi connectivity index (χ0v) is 14.1. The summed E-state index contributed by atoms with van der Waals surface area (Å²) < 4.78 is 28.0. The van der Waals surface area contributed by atoms with E-state index >= 15 is 0 Å². The third-order valence-electron chi connectivity index (χ3n) is 4.83. The van der Waals surface area contributed by atoms with Crippen molar-refractivity contribution < 1.29 is 13.3 Å². The maximum absolute atomic E-state index is 13.2. The first-order chi connectivity index (χ1) is 10.8. The van der Waals surface area contributed by atoms with Crippen LogP contribution in [0, 0.1) is 24.0 Å². The van der Waals surface area contributed by atoms with Crippen LogP contribution < -0.4 is 5.32 Å². The molecule has 8 heteroatoms. The minimum absolute atomic E-state index is 0.0141. The van der Waals surface area contributed by atoms with E-state index in [2.05, 4.69) is 5.32 Å². The molecule has 2 atom stereocenters. The Labute approximate surface area is 135 Å². The lowest BCUT2D eigenvalue weighted by Crippen LogP contribution is -2.42. The molecule has 2 bridgehead atoms. The van der Waals surface area contributed by atoms with Crippen LogP contribution in [-0.2, 0) is 10.0 Å². The molecule has 0 aliphatic carbocycles. The van der Waals surface area contributed by atoms with E-state index in [-0.39, 0.29) is 22.7 Å². The van der Waals surface area contributed by atoms with Gasteiger partial charge in [0.05, 0.1) is 9.82 Å². The molecule has 1 aromatic rings. The molecule has 7 nitrogen and oxygen atoms in total. The Bertz CT molecular complexity index is 733. The number of hydrogen-bond donors (Lipinski definition) is 1. The number of benzene rings is 1. The van der Waals surface area contributed by atoms with Gasteiger partial charge in [0.1, 0.15) is 0 Å². The van der Waals surface area contributed by atoms with Crippen molar-refractivity contribution in [3.05, 3.63) is 33.4 Å². The summed E-state index contributed by atoms with van der Waals surface area (Å²) in [5, 5.41) is 14.4. The van der Waals surface area contributed by atoms with Crippen molar-refractivity contribution >= 4 is 15.7 Å². The molecule has 2 saturated heterocycles. The van der Waals surface area contributed by atoms with Crippen molar-refractivity contribution in [1.82, 2.24) is 9.62 Å². The van der Waals surface area contributed by atoms with Gasteiger partial charge < -0.3 is 5.32 Å². The van der Waals surface area contributed by atoms with Crippen molar-refractivity contribution in [1.29, 1.82) is 0 Å². The number of aryl methyl sites for hydroxylation is 2. The van der Waals surface area contributed by atoms with Gasteiger partial charge in [0.15, 0.2) is 0 Å². The van der Waals surface area contributed by atoms with Crippen LogP contribution in [-0.4, -0.2) is 42.8 Å². The number of nitrogens with zero attached hydrogens (tertiary/aromatic N) is 2. The molecule has 0 saturated carbocycles. The summed E-state index contributed by atoms with van der Waals surface area (Å²) >= 11 is 0. The third-order valence-corrected chi connectivity index (χ3v) is 6.98. The Morgan fingerprint density at radius 1 is 1.17 bits per heavy atom. The first-order valence-electron chi connectivity index (χ1n) is 7.82. The SMILES string of the molecule is Cc1cc(C)c(S(=O)(=O)N2C3CCNCC2CC3)cc1[N+](=O)[O-]. The van der Waals surface area contributed by atoms with Gasteiger partial charge in [-0.05, 0) is 51.3 Å². The zero-order valence-electron chi connectivity index (χ0n) is 13.3. The summed E-state index contributed by atoms with van der Waals surface area (Å²) in [4.78, 5) is 10.7. The molecular weight excluding hydrogens is 318 g/mol. The molecule has 0 spiro atoms. The molecule has 2 fully saturated rings. The second-order valence-electron chi connectivity index (χ2n) is 6.37. The van der Waals surface area contributed by atoms with E-state index in [1.54, 1.807) is 24.2 Å². The smallest absolute Gasteiger partial charge is 0.273 e. The standard InChI is InChI=1S/C15H21N3O4S/c1-10-7-11(2)15(8-14(10)18(19)20)23(21,22)17-12-3-4-13(17)9-16-6-5-12/h7-8,12-13,16H,3-6,9H2,1-2H3. The van der Waals surface area contributed by atoms with Crippen LogP contribution in [0.2, 0.25) is 0 Å². The van der Waals surface area contributed by atoms with E-state index in [1.807, 2.05) is 0 Å². The Morgan fingerprint density at radius 2 is 1.87 bits per heavy atom. The number of nitro groups is 1. The normalized spacial score (nSPS) is 25.3. The first kappa shape index (κ1) is 16.4. The van der Waals surface area contributed by atoms with Crippen LogP contribution >= 0.6 is 0 Å². The van der Waals surface area contributed by atoms with Crippen molar-refractivity contribution in [2.75, 3.05) is 13.1 Å². The number of rotatable bonds is 3. The van der Waals surface area contributed by atoms with Crippen molar-refractivity contribution in [3.8, 4) is 0 Å². The molecule has 2 heterocycles. The van der Waals surface area contributed by atoms with Gasteiger partial charge in [-0.1, -0.05) is 0 Å². The monoisotopic (exact) mass is 339 g/mol. The zero-order chi connectivity index (χ0) is 16.8. The molecule has 2 aliphatic rings. The van der Waals surface area contributed by atoms with Gasteiger partial charge in [-0.15, -0.1) is 0 Å². The molecule has 126 valence electrons. The summed E-state index contributed by atoms with van der Waals surface area (Å²) in [6.45, 7) is 4.77. The lowest BCUT2D eigenvalue weighted by atomic mass is 10.1. The summed E-state index contributed by atoms with van der Waals surface area (Å²) in [5.74, 6) is 0. The van der Waals surface area contributed by atoms with E-state index in [1.165, 1.54) is 6.07 Å². The molecular formula is C15H21N3O4S. The Kier molecular flexibility index (Phi) is 4.16. The minimum Gasteiger partial charge on any atom is -0.315 e. The highest BCUT2D eigenvalue weighted by atomic mass is 32.2. The number of nitro benzene ring substituents is 1. The fraction of sp³-hybridized carbons (Fsp3) is 0.600. The van der Waals surface area contributed by atoms with E-state index in [0.29, 0.717) is 17.7 Å². The second-order valence-corrected chi connectivity index (χ2v) is 8.19. The second kappa shape index (κ2) is 5.85. The number of fused-ring (bicyclic) bond motifs is 2. The number of hydrogen-bond acceptors (Lipinski definition) is 5. The van der Waals surface area contributed by atoms with E-state index in [9.17, 15) is 18.5 Å². The fourth-order valence-corrected chi connectivity index (χ4v) is 5.87. The van der Waals surface area contributed by atoms with Crippen LogP contribution in [0.25, 0.3) is 0 Å². The maximum Gasteiger partial charge on any atom is 0.273 e. The molecule has 1 N–H and O–H groups in total. The molecule has 23 heavy (non-hydrogen) atoms. The molecule has 3 rings (SSSR count). The molecule has 2 unspecified atom stereocenters. The third kappa shape index (κ3) is 2.75.